The monoisotopic (exact) mass is 229 g/mol. The molecule has 2 aliphatic rings. The Morgan fingerprint density at radius 2 is 2.19 bits per heavy atom. The van der Waals surface area contributed by atoms with Crippen LogP contribution in [0.3, 0.4) is 0 Å². The number of rotatable bonds is 4. The highest BCUT2D eigenvalue weighted by atomic mass is 16.5. The number of aliphatic hydroxyl groups excluding tert-OH is 1. The molecule has 94 valence electrons. The van der Waals surface area contributed by atoms with Gasteiger partial charge >= 0.3 is 0 Å². The van der Waals surface area contributed by atoms with Crippen LogP contribution in [0.5, 0.6) is 0 Å². The third kappa shape index (κ3) is 3.17. The van der Waals surface area contributed by atoms with Crippen molar-refractivity contribution in [2.24, 2.45) is 11.7 Å². The molecule has 1 heterocycles. The van der Waals surface area contributed by atoms with Crippen LogP contribution in [0.2, 0.25) is 0 Å². The van der Waals surface area contributed by atoms with Crippen LogP contribution in [0.15, 0.2) is 0 Å². The lowest BCUT2D eigenvalue weighted by atomic mass is 9.84. The van der Waals surface area contributed by atoms with Gasteiger partial charge in [0.05, 0.1) is 25.4 Å². The molecule has 16 heavy (non-hydrogen) atoms. The average molecular weight is 229 g/mol. The Labute approximate surface area is 97.1 Å². The summed E-state index contributed by atoms with van der Waals surface area (Å²) in [6.45, 7) is 3.18. The van der Waals surface area contributed by atoms with E-state index in [1.807, 2.05) is 0 Å². The largest absolute Gasteiger partial charge is 0.388 e. The maximum absolute atomic E-state index is 9.90. The highest BCUT2D eigenvalue weighted by Gasteiger charge is 2.29. The van der Waals surface area contributed by atoms with Crippen LogP contribution in [0.25, 0.3) is 0 Å². The van der Waals surface area contributed by atoms with Gasteiger partial charge in [0, 0.05) is 6.04 Å². The zero-order chi connectivity index (χ0) is 11.5. The second kappa shape index (κ2) is 5.45. The topological polar surface area (TPSA) is 64.7 Å². The van der Waals surface area contributed by atoms with Crippen LogP contribution in [0.1, 0.15) is 32.6 Å². The van der Waals surface area contributed by atoms with Crippen LogP contribution in [0, 0.1) is 5.92 Å². The van der Waals surface area contributed by atoms with Gasteiger partial charge in [0.1, 0.15) is 6.10 Å². The minimum absolute atomic E-state index is 0.0858. The molecule has 0 aromatic heterocycles. The SMILES string of the molecule is CC1CC(OCC(O)[C@@H]2CC[C@@H](N)CO2)C1. The maximum atomic E-state index is 9.90. The molecule has 2 fully saturated rings. The van der Waals surface area contributed by atoms with E-state index in [9.17, 15) is 5.11 Å². The summed E-state index contributed by atoms with van der Waals surface area (Å²) in [6, 6.07) is 0.136. The summed E-state index contributed by atoms with van der Waals surface area (Å²) >= 11 is 0. The van der Waals surface area contributed by atoms with E-state index < -0.39 is 6.10 Å². The van der Waals surface area contributed by atoms with Crippen LogP contribution in [-0.2, 0) is 9.47 Å². The lowest BCUT2D eigenvalue weighted by Crippen LogP contribution is -2.43. The van der Waals surface area contributed by atoms with Gasteiger partial charge in [-0.05, 0) is 31.6 Å². The highest BCUT2D eigenvalue weighted by Crippen LogP contribution is 2.29. The molecular formula is C12H23NO3. The van der Waals surface area contributed by atoms with Gasteiger partial charge < -0.3 is 20.3 Å². The summed E-state index contributed by atoms with van der Waals surface area (Å²) < 4.78 is 11.1. The van der Waals surface area contributed by atoms with Crippen molar-refractivity contribution < 1.29 is 14.6 Å². The van der Waals surface area contributed by atoms with Gasteiger partial charge in [0.15, 0.2) is 0 Å². The first-order chi connectivity index (χ1) is 7.65. The molecule has 1 aliphatic carbocycles. The molecular weight excluding hydrogens is 206 g/mol. The molecule has 3 atom stereocenters. The third-order valence-electron chi connectivity index (χ3n) is 3.61. The van der Waals surface area contributed by atoms with Crippen molar-refractivity contribution in [1.29, 1.82) is 0 Å². The van der Waals surface area contributed by atoms with Gasteiger partial charge in [-0.1, -0.05) is 6.92 Å². The molecule has 0 spiro atoms. The Morgan fingerprint density at radius 3 is 2.75 bits per heavy atom. The molecule has 1 saturated heterocycles. The van der Waals surface area contributed by atoms with Crippen molar-refractivity contribution in [3.63, 3.8) is 0 Å². The summed E-state index contributed by atoms with van der Waals surface area (Å²) in [4.78, 5) is 0. The molecule has 4 heteroatoms. The molecule has 0 radical (unpaired) electrons. The van der Waals surface area contributed by atoms with Crippen LogP contribution in [0.4, 0.5) is 0 Å². The van der Waals surface area contributed by atoms with Gasteiger partial charge in [-0.25, -0.2) is 0 Å². The van der Waals surface area contributed by atoms with Crippen molar-refractivity contribution in [3.8, 4) is 0 Å². The molecule has 1 unspecified atom stereocenters. The van der Waals surface area contributed by atoms with Gasteiger partial charge in [0.2, 0.25) is 0 Å². The van der Waals surface area contributed by atoms with Crippen molar-refractivity contribution in [3.05, 3.63) is 0 Å². The van der Waals surface area contributed by atoms with E-state index in [4.69, 9.17) is 15.2 Å². The predicted octanol–water partition coefficient (Wildman–Crippen LogP) is 0.669. The van der Waals surface area contributed by atoms with Crippen LogP contribution in [-0.4, -0.2) is 42.7 Å². The molecule has 3 N–H and O–H groups in total. The van der Waals surface area contributed by atoms with Crippen molar-refractivity contribution in [2.75, 3.05) is 13.2 Å². The second-order valence-corrected chi connectivity index (χ2v) is 5.31. The van der Waals surface area contributed by atoms with E-state index in [1.165, 1.54) is 0 Å². The number of aliphatic hydroxyl groups is 1. The second-order valence-electron chi connectivity index (χ2n) is 5.31. The van der Waals surface area contributed by atoms with E-state index in [0.29, 0.717) is 19.3 Å². The summed E-state index contributed by atoms with van der Waals surface area (Å²) in [7, 11) is 0. The zero-order valence-corrected chi connectivity index (χ0v) is 9.97. The Bertz CT molecular complexity index is 210. The molecule has 0 aromatic rings. The molecule has 0 amide bonds. The summed E-state index contributed by atoms with van der Waals surface area (Å²) in [6.07, 6.45) is 3.80. The first-order valence-corrected chi connectivity index (χ1v) is 6.32. The lowest BCUT2D eigenvalue weighted by molar-refractivity contribution is -0.120. The molecule has 0 bridgehead atoms. The van der Waals surface area contributed by atoms with Gasteiger partial charge in [-0.2, -0.15) is 0 Å². The van der Waals surface area contributed by atoms with E-state index in [1.54, 1.807) is 0 Å². The fourth-order valence-electron chi connectivity index (χ4n) is 2.40. The number of ether oxygens (including phenoxy) is 2. The Balaban J connectivity index is 1.62. The highest BCUT2D eigenvalue weighted by molar-refractivity contribution is 4.80. The number of hydrogen-bond donors (Lipinski definition) is 2. The first-order valence-electron chi connectivity index (χ1n) is 6.32. The van der Waals surface area contributed by atoms with Crippen molar-refractivity contribution >= 4 is 0 Å². The Morgan fingerprint density at radius 1 is 1.44 bits per heavy atom. The maximum Gasteiger partial charge on any atom is 0.103 e. The van der Waals surface area contributed by atoms with Gasteiger partial charge in [0.25, 0.3) is 0 Å². The molecule has 4 nitrogen and oxygen atoms in total. The third-order valence-corrected chi connectivity index (χ3v) is 3.61. The first kappa shape index (κ1) is 12.3. The normalized spacial score (nSPS) is 41.4. The number of hydrogen-bond acceptors (Lipinski definition) is 4. The summed E-state index contributed by atoms with van der Waals surface area (Å²) in [5.74, 6) is 0.783. The molecule has 2 rings (SSSR count). The zero-order valence-electron chi connectivity index (χ0n) is 9.97. The summed E-state index contributed by atoms with van der Waals surface area (Å²) in [5, 5.41) is 9.90. The smallest absolute Gasteiger partial charge is 0.103 e. The van der Waals surface area contributed by atoms with Gasteiger partial charge in [-0.3, -0.25) is 0 Å². The quantitative estimate of drug-likeness (QED) is 0.743. The molecule has 1 saturated carbocycles. The Kier molecular flexibility index (Phi) is 4.19. The fourth-order valence-corrected chi connectivity index (χ4v) is 2.40. The average Bonchev–Trinajstić information content (AvgIpc) is 2.23. The fraction of sp³-hybridized carbons (Fsp3) is 1.00. The minimum Gasteiger partial charge on any atom is -0.388 e. The lowest BCUT2D eigenvalue weighted by Gasteiger charge is -2.35. The summed E-state index contributed by atoms with van der Waals surface area (Å²) in [5.41, 5.74) is 5.73. The van der Waals surface area contributed by atoms with E-state index in [0.717, 1.165) is 31.6 Å². The molecule has 0 aromatic carbocycles. The van der Waals surface area contributed by atoms with Gasteiger partial charge in [-0.15, -0.1) is 0 Å². The predicted molar refractivity (Wildman–Crippen MR) is 61.1 cm³/mol. The van der Waals surface area contributed by atoms with E-state index in [2.05, 4.69) is 6.92 Å². The van der Waals surface area contributed by atoms with E-state index >= 15 is 0 Å². The Hall–Kier alpha value is -0.160. The standard InChI is InChI=1S/C12H23NO3/c1-8-4-10(5-8)15-7-11(14)12-3-2-9(13)6-16-12/h8-12,14H,2-7,13H2,1H3/t8?,9-,10?,11?,12+/m1/s1. The molecule has 1 aliphatic heterocycles. The van der Waals surface area contributed by atoms with E-state index in [-0.39, 0.29) is 12.1 Å². The van der Waals surface area contributed by atoms with Crippen molar-refractivity contribution in [1.82, 2.24) is 0 Å². The van der Waals surface area contributed by atoms with Crippen molar-refractivity contribution in [2.45, 2.75) is 57.0 Å². The minimum atomic E-state index is -0.497. The van der Waals surface area contributed by atoms with Crippen LogP contribution < -0.4 is 5.73 Å². The van der Waals surface area contributed by atoms with Crippen LogP contribution >= 0.6 is 0 Å². The number of nitrogens with two attached hydrogens (primary N) is 1.